The van der Waals surface area contributed by atoms with Gasteiger partial charge in [-0.15, -0.1) is 0 Å². The van der Waals surface area contributed by atoms with Crippen molar-refractivity contribution in [2.24, 2.45) is 11.0 Å². The van der Waals surface area contributed by atoms with Crippen molar-refractivity contribution in [2.75, 3.05) is 5.32 Å². The number of rotatable bonds is 10. The molecule has 2 amide bonds. The van der Waals surface area contributed by atoms with Crippen LogP contribution in [0.2, 0.25) is 0 Å². The van der Waals surface area contributed by atoms with E-state index in [1.807, 2.05) is 30.3 Å². The Morgan fingerprint density at radius 3 is 2.24 bits per heavy atom. The molecule has 3 aromatic rings. The van der Waals surface area contributed by atoms with E-state index in [1.165, 1.54) is 29.3 Å². The Hall–Kier alpha value is -4.54. The highest BCUT2D eigenvalue weighted by Crippen LogP contribution is 2.38. The summed E-state index contributed by atoms with van der Waals surface area (Å²) in [7, 11) is 0. The molecule has 0 saturated carbocycles. The molecule has 0 aromatic heterocycles. The van der Waals surface area contributed by atoms with Crippen LogP contribution in [0.4, 0.5) is 23.2 Å². The maximum absolute atomic E-state index is 14.7. The molecule has 1 aliphatic heterocycles. The Balaban J connectivity index is 1.51. The van der Waals surface area contributed by atoms with Crippen molar-refractivity contribution in [3.63, 3.8) is 0 Å². The van der Waals surface area contributed by atoms with Crippen molar-refractivity contribution in [2.45, 2.75) is 77.6 Å². The largest absolute Gasteiger partial charge is 0.460 e. The highest BCUT2D eigenvalue weighted by Gasteiger charge is 2.45. The summed E-state index contributed by atoms with van der Waals surface area (Å²) in [5.41, 5.74) is 1.87. The summed E-state index contributed by atoms with van der Waals surface area (Å²) in [4.78, 5) is 38.1. The van der Waals surface area contributed by atoms with Crippen LogP contribution in [0.5, 0.6) is 0 Å². The van der Waals surface area contributed by atoms with Gasteiger partial charge in [-0.25, -0.2) is 9.40 Å². The van der Waals surface area contributed by atoms with Gasteiger partial charge in [0, 0.05) is 19.3 Å². The number of carbonyl (C=O) groups is 3. The minimum Gasteiger partial charge on any atom is -0.460 e. The molecule has 0 saturated heterocycles. The quantitative estimate of drug-likeness (QED) is 0.183. The van der Waals surface area contributed by atoms with Crippen LogP contribution in [0.25, 0.3) is 0 Å². The Morgan fingerprint density at radius 1 is 0.957 bits per heavy atom. The summed E-state index contributed by atoms with van der Waals surface area (Å²) in [5, 5.41) is 8.17. The van der Waals surface area contributed by atoms with E-state index < -0.39 is 41.3 Å². The molecule has 1 N–H and O–H groups in total. The highest BCUT2D eigenvalue weighted by molar-refractivity contribution is 6.04. The second-order valence-corrected chi connectivity index (χ2v) is 12.3. The van der Waals surface area contributed by atoms with Gasteiger partial charge >= 0.3 is 12.1 Å². The lowest BCUT2D eigenvalue weighted by Crippen LogP contribution is -2.34. The van der Waals surface area contributed by atoms with E-state index in [0.29, 0.717) is 17.5 Å². The van der Waals surface area contributed by atoms with E-state index in [1.54, 1.807) is 32.9 Å². The molecule has 3 aromatic carbocycles. The fourth-order valence-electron chi connectivity index (χ4n) is 5.09. The third-order valence-electron chi connectivity index (χ3n) is 7.51. The SMILES string of the molecule is CC(C(C(=O)Nc1cc(CCC(=O)OC(C)(C)C)ccc1F)c1ccc(CN2N=C(c3ccccc3)CCC2=O)cc1)C(F)(F)F. The topological polar surface area (TPSA) is 88.1 Å². The van der Waals surface area contributed by atoms with Gasteiger partial charge < -0.3 is 10.1 Å². The first-order valence-corrected chi connectivity index (χ1v) is 15.0. The van der Waals surface area contributed by atoms with Crippen LogP contribution >= 0.6 is 0 Å². The lowest BCUT2D eigenvalue weighted by molar-refractivity contribution is -0.178. The number of halogens is 4. The van der Waals surface area contributed by atoms with Gasteiger partial charge in [-0.1, -0.05) is 67.6 Å². The maximum atomic E-state index is 14.7. The number of ether oxygens (including phenoxy) is 1. The Morgan fingerprint density at radius 2 is 1.61 bits per heavy atom. The Labute approximate surface area is 265 Å². The smallest absolute Gasteiger partial charge is 0.392 e. The standard InChI is InChI=1S/C35H37F4N3O4/c1-22(35(37,38)39)32(33(45)40-29-20-23(12-16-27(29)36)13-19-31(44)46-34(2,3)4)26-14-10-24(11-15-26)21-42-30(43)18-17-28(41-42)25-8-6-5-7-9-25/h5-12,14-16,20,22,32H,13,17-19,21H2,1-4H3,(H,40,45). The summed E-state index contributed by atoms with van der Waals surface area (Å²) in [6.07, 6.45) is -3.78. The van der Waals surface area contributed by atoms with Crippen molar-refractivity contribution >= 4 is 29.2 Å². The number of anilines is 1. The van der Waals surface area contributed by atoms with E-state index in [2.05, 4.69) is 10.4 Å². The number of hydrogen-bond acceptors (Lipinski definition) is 5. The molecule has 2 unspecified atom stereocenters. The second kappa shape index (κ2) is 14.3. The molecular formula is C35H37F4N3O4. The highest BCUT2D eigenvalue weighted by atomic mass is 19.4. The lowest BCUT2D eigenvalue weighted by atomic mass is 9.85. The van der Waals surface area contributed by atoms with Gasteiger partial charge in [-0.05, 0) is 61.6 Å². The van der Waals surface area contributed by atoms with Crippen molar-refractivity contribution in [3.8, 4) is 0 Å². The number of hydrogen-bond donors (Lipinski definition) is 1. The summed E-state index contributed by atoms with van der Waals surface area (Å²) in [6, 6.07) is 19.2. The number of aryl methyl sites for hydroxylation is 1. The number of esters is 1. The predicted octanol–water partition coefficient (Wildman–Crippen LogP) is 7.55. The zero-order valence-electron chi connectivity index (χ0n) is 26.2. The molecule has 0 radical (unpaired) electrons. The van der Waals surface area contributed by atoms with Crippen LogP contribution < -0.4 is 5.32 Å². The first-order chi connectivity index (χ1) is 21.6. The number of alkyl halides is 3. The number of hydrazone groups is 1. The Bertz CT molecular complexity index is 1580. The van der Waals surface area contributed by atoms with Crippen molar-refractivity contribution in [1.29, 1.82) is 0 Å². The van der Waals surface area contributed by atoms with Gasteiger partial charge in [0.05, 0.1) is 29.8 Å². The average molecular weight is 640 g/mol. The molecule has 244 valence electrons. The number of amides is 2. The van der Waals surface area contributed by atoms with E-state index >= 15 is 0 Å². The molecule has 4 rings (SSSR count). The van der Waals surface area contributed by atoms with Crippen LogP contribution in [-0.2, 0) is 32.1 Å². The van der Waals surface area contributed by atoms with E-state index in [9.17, 15) is 31.9 Å². The monoisotopic (exact) mass is 639 g/mol. The molecule has 0 fully saturated rings. The third kappa shape index (κ3) is 9.24. The van der Waals surface area contributed by atoms with E-state index in [-0.39, 0.29) is 43.0 Å². The molecule has 1 heterocycles. The zero-order chi connectivity index (χ0) is 33.6. The minimum atomic E-state index is -4.72. The third-order valence-corrected chi connectivity index (χ3v) is 7.51. The first kappa shape index (κ1) is 34.3. The molecule has 0 aliphatic carbocycles. The number of benzene rings is 3. The first-order valence-electron chi connectivity index (χ1n) is 15.0. The Kier molecular flexibility index (Phi) is 10.6. The van der Waals surface area contributed by atoms with Gasteiger partial charge in [0.2, 0.25) is 11.8 Å². The van der Waals surface area contributed by atoms with Crippen LogP contribution in [0.1, 0.15) is 75.1 Å². The number of carbonyl (C=O) groups excluding carboxylic acids is 3. The summed E-state index contributed by atoms with van der Waals surface area (Å²) >= 11 is 0. The number of nitrogens with zero attached hydrogens (tertiary/aromatic N) is 2. The zero-order valence-corrected chi connectivity index (χ0v) is 26.2. The molecule has 0 bridgehead atoms. The van der Waals surface area contributed by atoms with Crippen molar-refractivity contribution in [1.82, 2.24) is 5.01 Å². The second-order valence-electron chi connectivity index (χ2n) is 12.3. The van der Waals surface area contributed by atoms with Gasteiger partial charge in [0.1, 0.15) is 11.4 Å². The van der Waals surface area contributed by atoms with Gasteiger partial charge in [0.25, 0.3) is 0 Å². The summed E-state index contributed by atoms with van der Waals surface area (Å²) in [6.45, 7) is 6.19. The molecule has 1 aliphatic rings. The molecule has 0 spiro atoms. The molecular weight excluding hydrogens is 602 g/mol. The maximum Gasteiger partial charge on any atom is 0.392 e. The molecule has 7 nitrogen and oxygen atoms in total. The van der Waals surface area contributed by atoms with Crippen molar-refractivity contribution in [3.05, 3.63) is 101 Å². The predicted molar refractivity (Wildman–Crippen MR) is 166 cm³/mol. The van der Waals surface area contributed by atoms with Crippen LogP contribution in [0.15, 0.2) is 77.9 Å². The number of nitrogens with one attached hydrogen (secondary N) is 1. The normalized spacial score (nSPS) is 15.2. The molecule has 11 heteroatoms. The van der Waals surface area contributed by atoms with Crippen molar-refractivity contribution < 1.29 is 36.7 Å². The minimum absolute atomic E-state index is 0.00171. The molecule has 46 heavy (non-hydrogen) atoms. The summed E-state index contributed by atoms with van der Waals surface area (Å²) < 4.78 is 61.9. The van der Waals surface area contributed by atoms with E-state index in [4.69, 9.17) is 4.74 Å². The van der Waals surface area contributed by atoms with E-state index in [0.717, 1.165) is 24.3 Å². The molecule has 2 atom stereocenters. The van der Waals surface area contributed by atoms with Crippen LogP contribution in [0, 0.1) is 11.7 Å². The van der Waals surface area contributed by atoms with Gasteiger partial charge in [0.15, 0.2) is 0 Å². The van der Waals surface area contributed by atoms with Crippen LogP contribution in [0.3, 0.4) is 0 Å². The van der Waals surface area contributed by atoms with Crippen LogP contribution in [-0.4, -0.2) is 40.3 Å². The summed E-state index contributed by atoms with van der Waals surface area (Å²) in [5.74, 6) is -6.30. The van der Waals surface area contributed by atoms with Gasteiger partial charge in [-0.3, -0.25) is 14.4 Å². The average Bonchev–Trinajstić information content (AvgIpc) is 2.98. The fraction of sp³-hybridized carbons (Fsp3) is 0.371. The lowest BCUT2D eigenvalue weighted by Gasteiger charge is -2.26. The van der Waals surface area contributed by atoms with Gasteiger partial charge in [-0.2, -0.15) is 18.3 Å². The fourth-order valence-corrected chi connectivity index (χ4v) is 5.09.